The zero-order valence-corrected chi connectivity index (χ0v) is 21.3. The molecule has 6 rings (SSSR count). The highest BCUT2D eigenvalue weighted by molar-refractivity contribution is 5.77. The van der Waals surface area contributed by atoms with Gasteiger partial charge in [0.1, 0.15) is 11.9 Å². The van der Waals surface area contributed by atoms with Crippen LogP contribution in [-0.2, 0) is 23.9 Å². The van der Waals surface area contributed by atoms with E-state index in [-0.39, 0.29) is 28.2 Å². The van der Waals surface area contributed by atoms with Crippen molar-refractivity contribution in [2.24, 2.45) is 0 Å². The molecule has 0 radical (unpaired) electrons. The Kier molecular flexibility index (Phi) is 5.55. The SMILES string of the molecule is CC(C)(C#N)c1cc(-n2c3nc(Nc4ccc5c(c4)CCNC54CC4)ncc3c(=O)n2CC(F)(F)F)ccn1. The first-order valence-corrected chi connectivity index (χ1v) is 12.6. The summed E-state index contributed by atoms with van der Waals surface area (Å²) in [6, 6.07) is 11.2. The lowest BCUT2D eigenvalue weighted by Crippen LogP contribution is -2.36. The van der Waals surface area contributed by atoms with Crippen molar-refractivity contribution in [2.75, 3.05) is 11.9 Å². The summed E-state index contributed by atoms with van der Waals surface area (Å²) in [5.41, 5.74) is 2.06. The second-order valence-electron chi connectivity index (χ2n) is 10.6. The minimum Gasteiger partial charge on any atom is -0.324 e. The molecule has 3 aromatic heterocycles. The van der Waals surface area contributed by atoms with Crippen LogP contribution in [0.25, 0.3) is 16.7 Å². The number of hydrogen-bond donors (Lipinski definition) is 2. The van der Waals surface area contributed by atoms with E-state index in [1.165, 1.54) is 35.7 Å². The number of anilines is 2. The van der Waals surface area contributed by atoms with Gasteiger partial charge in [-0.1, -0.05) is 6.07 Å². The molecule has 4 aromatic rings. The van der Waals surface area contributed by atoms with Crippen LogP contribution in [-0.4, -0.2) is 37.0 Å². The maximum absolute atomic E-state index is 13.6. The maximum atomic E-state index is 13.6. The number of fused-ring (bicyclic) bond motifs is 3. The zero-order valence-electron chi connectivity index (χ0n) is 21.3. The van der Waals surface area contributed by atoms with Crippen molar-refractivity contribution in [2.45, 2.75) is 56.8 Å². The molecular weight excluding hydrogens is 509 g/mol. The molecule has 0 bridgehead atoms. The van der Waals surface area contributed by atoms with Crippen molar-refractivity contribution in [3.8, 4) is 11.8 Å². The molecule has 1 saturated carbocycles. The topological polar surface area (TPSA) is 113 Å². The first-order valence-electron chi connectivity index (χ1n) is 12.6. The smallest absolute Gasteiger partial charge is 0.324 e. The molecule has 4 heterocycles. The average molecular weight is 535 g/mol. The summed E-state index contributed by atoms with van der Waals surface area (Å²) in [7, 11) is 0. The van der Waals surface area contributed by atoms with Gasteiger partial charge in [-0.3, -0.25) is 9.78 Å². The van der Waals surface area contributed by atoms with Gasteiger partial charge in [0.25, 0.3) is 5.56 Å². The molecule has 2 N–H and O–H groups in total. The first kappa shape index (κ1) is 25.1. The Morgan fingerprint density at radius 1 is 1.18 bits per heavy atom. The number of alkyl halides is 3. The molecule has 1 aliphatic carbocycles. The van der Waals surface area contributed by atoms with E-state index in [1.807, 2.05) is 12.1 Å². The average Bonchev–Trinajstić information content (AvgIpc) is 3.62. The van der Waals surface area contributed by atoms with Crippen LogP contribution in [0.1, 0.15) is 43.5 Å². The lowest BCUT2D eigenvalue weighted by Gasteiger charge is -2.27. The Hall–Kier alpha value is -4.24. The van der Waals surface area contributed by atoms with Crippen LogP contribution in [0.2, 0.25) is 0 Å². The molecule has 1 aromatic carbocycles. The summed E-state index contributed by atoms with van der Waals surface area (Å²) in [4.78, 5) is 26.0. The predicted octanol–water partition coefficient (Wildman–Crippen LogP) is 4.22. The van der Waals surface area contributed by atoms with Gasteiger partial charge in [-0.15, -0.1) is 0 Å². The van der Waals surface area contributed by atoms with E-state index in [0.717, 1.165) is 36.2 Å². The number of hydrogen-bond acceptors (Lipinski definition) is 7. The van der Waals surface area contributed by atoms with Gasteiger partial charge in [-0.25, -0.2) is 14.3 Å². The largest absolute Gasteiger partial charge is 0.408 e. The van der Waals surface area contributed by atoms with Crippen molar-refractivity contribution < 1.29 is 13.2 Å². The third kappa shape index (κ3) is 4.42. The Bertz CT molecular complexity index is 1710. The highest BCUT2D eigenvalue weighted by atomic mass is 19.4. The molecule has 9 nitrogen and oxygen atoms in total. The normalized spacial score (nSPS) is 16.2. The van der Waals surface area contributed by atoms with E-state index >= 15 is 0 Å². The summed E-state index contributed by atoms with van der Waals surface area (Å²) in [6.07, 6.45) is 1.08. The van der Waals surface area contributed by atoms with Crippen LogP contribution >= 0.6 is 0 Å². The van der Waals surface area contributed by atoms with Crippen molar-refractivity contribution >= 4 is 22.7 Å². The third-order valence-corrected chi connectivity index (χ3v) is 7.40. The monoisotopic (exact) mass is 534 g/mol. The number of halogens is 3. The number of nitrogens with zero attached hydrogens (tertiary/aromatic N) is 6. The molecule has 39 heavy (non-hydrogen) atoms. The number of nitriles is 1. The van der Waals surface area contributed by atoms with E-state index in [9.17, 15) is 23.2 Å². The van der Waals surface area contributed by atoms with Crippen LogP contribution in [0.3, 0.4) is 0 Å². The summed E-state index contributed by atoms with van der Waals surface area (Å²) in [5.74, 6) is 0.141. The second kappa shape index (κ2) is 8.64. The number of pyridine rings is 1. The fourth-order valence-corrected chi connectivity index (χ4v) is 5.19. The summed E-state index contributed by atoms with van der Waals surface area (Å²) in [5, 5.41) is 16.2. The quantitative estimate of drug-likeness (QED) is 0.394. The summed E-state index contributed by atoms with van der Waals surface area (Å²) >= 11 is 0. The van der Waals surface area contributed by atoms with Gasteiger partial charge in [0.05, 0.1) is 22.9 Å². The van der Waals surface area contributed by atoms with Gasteiger partial charge < -0.3 is 10.6 Å². The molecule has 1 spiro atoms. The molecule has 12 heteroatoms. The van der Waals surface area contributed by atoms with Crippen LogP contribution in [0.4, 0.5) is 24.8 Å². The van der Waals surface area contributed by atoms with Crippen LogP contribution in [0, 0.1) is 11.3 Å². The lowest BCUT2D eigenvalue weighted by molar-refractivity contribution is -0.144. The Labute approximate surface area is 221 Å². The van der Waals surface area contributed by atoms with Crippen molar-refractivity contribution in [1.29, 1.82) is 5.26 Å². The number of nitrogens with one attached hydrogen (secondary N) is 2. The van der Waals surface area contributed by atoms with Crippen molar-refractivity contribution in [3.63, 3.8) is 0 Å². The minimum atomic E-state index is -4.66. The van der Waals surface area contributed by atoms with E-state index in [4.69, 9.17) is 0 Å². The Morgan fingerprint density at radius 2 is 1.97 bits per heavy atom. The van der Waals surface area contributed by atoms with Gasteiger partial charge in [0.2, 0.25) is 5.95 Å². The molecular formula is C27H25F3N8O. The van der Waals surface area contributed by atoms with E-state index in [2.05, 4.69) is 37.7 Å². The van der Waals surface area contributed by atoms with Crippen molar-refractivity contribution in [1.82, 2.24) is 29.6 Å². The standard InChI is InChI=1S/C27H25F3N8O/c1-25(2,14-31)21-12-18(6-9-32-21)38-22-19(23(39)37(38)15-27(28,29)30)13-33-24(36-22)35-17-3-4-20-16(11-17)5-10-34-26(20)7-8-26/h3-4,6,9,11-13,34H,5,7-8,10,15H2,1-2H3,(H,33,35,36). The molecule has 0 amide bonds. The van der Waals surface area contributed by atoms with E-state index < -0.39 is 23.7 Å². The van der Waals surface area contributed by atoms with E-state index in [0.29, 0.717) is 10.4 Å². The first-order chi connectivity index (χ1) is 18.5. The lowest BCUT2D eigenvalue weighted by atomic mass is 9.91. The number of benzene rings is 1. The third-order valence-electron chi connectivity index (χ3n) is 7.40. The summed E-state index contributed by atoms with van der Waals surface area (Å²) < 4.78 is 42.4. The molecule has 2 aliphatic rings. The van der Waals surface area contributed by atoms with Crippen LogP contribution in [0.5, 0.6) is 0 Å². The minimum absolute atomic E-state index is 0.00718. The zero-order chi connectivity index (χ0) is 27.6. The molecule has 0 saturated heterocycles. The predicted molar refractivity (Wildman–Crippen MR) is 138 cm³/mol. The second-order valence-corrected chi connectivity index (χ2v) is 10.6. The molecule has 0 atom stereocenters. The summed E-state index contributed by atoms with van der Waals surface area (Å²) in [6.45, 7) is 2.68. The van der Waals surface area contributed by atoms with Gasteiger partial charge in [-0.2, -0.15) is 23.4 Å². The van der Waals surface area contributed by atoms with Gasteiger partial charge in [-0.05, 0) is 68.5 Å². The van der Waals surface area contributed by atoms with Gasteiger partial charge >= 0.3 is 6.18 Å². The van der Waals surface area contributed by atoms with Gasteiger partial charge in [0, 0.05) is 30.2 Å². The molecule has 200 valence electrons. The number of aromatic nitrogens is 5. The fourth-order valence-electron chi connectivity index (χ4n) is 5.19. The van der Waals surface area contributed by atoms with Crippen molar-refractivity contribution in [3.05, 3.63) is 69.9 Å². The fraction of sp³-hybridized carbons (Fsp3) is 0.370. The van der Waals surface area contributed by atoms with Crippen LogP contribution < -0.4 is 16.2 Å². The van der Waals surface area contributed by atoms with E-state index in [1.54, 1.807) is 13.8 Å². The molecule has 1 aliphatic heterocycles. The molecule has 0 unspecified atom stereocenters. The maximum Gasteiger partial charge on any atom is 0.408 e. The molecule has 1 fully saturated rings. The number of rotatable bonds is 5. The highest BCUT2D eigenvalue weighted by Gasteiger charge is 2.46. The van der Waals surface area contributed by atoms with Gasteiger partial charge in [0.15, 0.2) is 5.65 Å². The highest BCUT2D eigenvalue weighted by Crippen LogP contribution is 2.49. The Balaban J connectivity index is 1.45. The van der Waals surface area contributed by atoms with Crippen LogP contribution in [0.15, 0.2) is 47.5 Å². The Morgan fingerprint density at radius 3 is 2.69 bits per heavy atom.